The Morgan fingerprint density at radius 1 is 1.57 bits per heavy atom. The summed E-state index contributed by atoms with van der Waals surface area (Å²) in [7, 11) is 0. The molecule has 3 N–H and O–H groups in total. The summed E-state index contributed by atoms with van der Waals surface area (Å²) in [6.07, 6.45) is -0.483. The van der Waals surface area contributed by atoms with Gasteiger partial charge in [-0.05, 0) is 31.5 Å². The molecule has 14 heavy (non-hydrogen) atoms. The molecule has 0 atom stereocenters. The first kappa shape index (κ1) is 10.4. The van der Waals surface area contributed by atoms with E-state index in [0.717, 1.165) is 5.56 Å². The fourth-order valence-electron chi connectivity index (χ4n) is 1.04. The number of carbonyl (C=O) groups is 1. The summed E-state index contributed by atoms with van der Waals surface area (Å²) < 4.78 is 4.97. The predicted octanol–water partition coefficient (Wildman–Crippen LogP) is 1.69. The Bertz CT molecular complexity index is 337. The van der Waals surface area contributed by atoms with Crippen LogP contribution in [0.1, 0.15) is 12.5 Å². The summed E-state index contributed by atoms with van der Waals surface area (Å²) in [6.45, 7) is 4.27. The normalized spacial score (nSPS) is 9.57. The van der Waals surface area contributed by atoms with E-state index in [1.165, 1.54) is 0 Å². The molecule has 0 unspecified atom stereocenters. The number of anilines is 1. The maximum atomic E-state index is 11.1. The van der Waals surface area contributed by atoms with Crippen molar-refractivity contribution in [2.45, 2.75) is 13.8 Å². The van der Waals surface area contributed by atoms with Crippen molar-refractivity contribution in [3.63, 3.8) is 0 Å². The molecule has 76 valence electrons. The van der Waals surface area contributed by atoms with Crippen molar-refractivity contribution in [3.05, 3.63) is 23.8 Å². The minimum atomic E-state index is -0.483. The number of aryl methyl sites for hydroxylation is 1. The third kappa shape index (κ3) is 2.65. The van der Waals surface area contributed by atoms with Crippen LogP contribution in [0.4, 0.5) is 10.5 Å². The third-order valence-electron chi connectivity index (χ3n) is 1.69. The molecule has 0 heterocycles. The second-order valence-corrected chi connectivity index (χ2v) is 2.96. The lowest BCUT2D eigenvalue weighted by Gasteiger charge is -2.07. The molecule has 0 bridgehead atoms. The molecule has 0 saturated heterocycles. The Balaban J connectivity index is 2.72. The first-order chi connectivity index (χ1) is 6.63. The van der Waals surface area contributed by atoms with E-state index < -0.39 is 6.09 Å². The van der Waals surface area contributed by atoms with Crippen molar-refractivity contribution < 1.29 is 9.53 Å². The van der Waals surface area contributed by atoms with Crippen LogP contribution >= 0.6 is 0 Å². The standard InChI is InChI=1S/C10H14N2O2/c1-3-12-10(13)14-9-5-4-7(2)6-8(9)11/h4-6H,3,11H2,1-2H3,(H,12,13). The number of ether oxygens (including phenoxy) is 1. The summed E-state index contributed by atoms with van der Waals surface area (Å²) >= 11 is 0. The van der Waals surface area contributed by atoms with Crippen molar-refractivity contribution in [3.8, 4) is 5.75 Å². The van der Waals surface area contributed by atoms with Gasteiger partial charge in [-0.1, -0.05) is 6.07 Å². The van der Waals surface area contributed by atoms with Crippen molar-refractivity contribution >= 4 is 11.8 Å². The third-order valence-corrected chi connectivity index (χ3v) is 1.69. The van der Waals surface area contributed by atoms with Gasteiger partial charge in [0.2, 0.25) is 0 Å². The van der Waals surface area contributed by atoms with Crippen LogP contribution < -0.4 is 15.8 Å². The molecular weight excluding hydrogens is 180 g/mol. The van der Waals surface area contributed by atoms with E-state index in [1.54, 1.807) is 12.1 Å². The molecule has 0 saturated carbocycles. The molecule has 0 aromatic heterocycles. The maximum Gasteiger partial charge on any atom is 0.412 e. The second-order valence-electron chi connectivity index (χ2n) is 2.96. The highest BCUT2D eigenvalue weighted by atomic mass is 16.6. The Kier molecular flexibility index (Phi) is 3.34. The van der Waals surface area contributed by atoms with Gasteiger partial charge in [0, 0.05) is 6.54 Å². The number of nitrogen functional groups attached to an aromatic ring is 1. The molecule has 0 fully saturated rings. The van der Waals surface area contributed by atoms with E-state index in [1.807, 2.05) is 19.9 Å². The monoisotopic (exact) mass is 194 g/mol. The zero-order valence-corrected chi connectivity index (χ0v) is 8.33. The maximum absolute atomic E-state index is 11.1. The van der Waals surface area contributed by atoms with Crippen molar-refractivity contribution in [1.29, 1.82) is 0 Å². The number of benzene rings is 1. The average molecular weight is 194 g/mol. The lowest BCUT2D eigenvalue weighted by molar-refractivity contribution is 0.201. The lowest BCUT2D eigenvalue weighted by atomic mass is 10.2. The van der Waals surface area contributed by atoms with Crippen LogP contribution in [-0.2, 0) is 0 Å². The highest BCUT2D eigenvalue weighted by Crippen LogP contribution is 2.21. The Morgan fingerprint density at radius 3 is 2.86 bits per heavy atom. The second kappa shape index (κ2) is 4.50. The first-order valence-electron chi connectivity index (χ1n) is 4.45. The largest absolute Gasteiger partial charge is 0.412 e. The smallest absolute Gasteiger partial charge is 0.408 e. The minimum absolute atomic E-state index is 0.390. The highest BCUT2D eigenvalue weighted by molar-refractivity contribution is 5.72. The van der Waals surface area contributed by atoms with Gasteiger partial charge in [0.25, 0.3) is 0 Å². The van der Waals surface area contributed by atoms with Crippen LogP contribution in [0, 0.1) is 6.92 Å². The predicted molar refractivity (Wildman–Crippen MR) is 55.3 cm³/mol. The molecule has 4 nitrogen and oxygen atoms in total. The highest BCUT2D eigenvalue weighted by Gasteiger charge is 2.05. The van der Waals surface area contributed by atoms with E-state index in [4.69, 9.17) is 10.5 Å². The number of nitrogens with one attached hydrogen (secondary N) is 1. The van der Waals surface area contributed by atoms with Crippen molar-refractivity contribution in [1.82, 2.24) is 5.32 Å². The number of nitrogens with two attached hydrogens (primary N) is 1. The van der Waals surface area contributed by atoms with E-state index in [0.29, 0.717) is 18.0 Å². The molecule has 0 spiro atoms. The van der Waals surface area contributed by atoms with Crippen LogP contribution in [0.3, 0.4) is 0 Å². The molecule has 0 aliphatic heterocycles. The quantitative estimate of drug-likeness (QED) is 0.704. The van der Waals surface area contributed by atoms with E-state index >= 15 is 0 Å². The Morgan fingerprint density at radius 2 is 2.29 bits per heavy atom. The van der Waals surface area contributed by atoms with E-state index in [-0.39, 0.29) is 0 Å². The summed E-state index contributed by atoms with van der Waals surface area (Å²) in [5.74, 6) is 0.390. The first-order valence-corrected chi connectivity index (χ1v) is 4.45. The Hall–Kier alpha value is -1.71. The molecule has 1 aromatic carbocycles. The number of rotatable bonds is 2. The van der Waals surface area contributed by atoms with Gasteiger partial charge in [-0.25, -0.2) is 4.79 Å². The summed E-state index contributed by atoms with van der Waals surface area (Å²) in [5, 5.41) is 2.52. The van der Waals surface area contributed by atoms with Crippen LogP contribution in [-0.4, -0.2) is 12.6 Å². The Labute approximate surface area is 83.1 Å². The van der Waals surface area contributed by atoms with E-state index in [2.05, 4.69) is 5.32 Å². The van der Waals surface area contributed by atoms with Crippen molar-refractivity contribution in [2.24, 2.45) is 0 Å². The average Bonchev–Trinajstić information content (AvgIpc) is 2.10. The topological polar surface area (TPSA) is 64.3 Å². The van der Waals surface area contributed by atoms with Crippen LogP contribution in [0.15, 0.2) is 18.2 Å². The number of hydrogen-bond acceptors (Lipinski definition) is 3. The van der Waals surface area contributed by atoms with Gasteiger partial charge in [-0.2, -0.15) is 0 Å². The van der Waals surface area contributed by atoms with Crippen LogP contribution in [0.2, 0.25) is 0 Å². The van der Waals surface area contributed by atoms with Gasteiger partial charge in [-0.3, -0.25) is 0 Å². The van der Waals surface area contributed by atoms with Gasteiger partial charge < -0.3 is 15.8 Å². The molecule has 0 radical (unpaired) electrons. The SMILES string of the molecule is CCNC(=O)Oc1ccc(C)cc1N. The van der Waals surface area contributed by atoms with Crippen LogP contribution in [0.25, 0.3) is 0 Å². The molecule has 1 aromatic rings. The van der Waals surface area contributed by atoms with Gasteiger partial charge in [-0.15, -0.1) is 0 Å². The number of carbonyl (C=O) groups excluding carboxylic acids is 1. The van der Waals surface area contributed by atoms with Gasteiger partial charge in [0.05, 0.1) is 5.69 Å². The fraction of sp³-hybridized carbons (Fsp3) is 0.300. The van der Waals surface area contributed by atoms with Gasteiger partial charge in [0.15, 0.2) is 5.75 Å². The lowest BCUT2D eigenvalue weighted by Crippen LogP contribution is -2.26. The molecule has 4 heteroatoms. The number of hydrogen-bond donors (Lipinski definition) is 2. The number of amides is 1. The fourth-order valence-corrected chi connectivity index (χ4v) is 1.04. The van der Waals surface area contributed by atoms with Gasteiger partial charge >= 0.3 is 6.09 Å². The zero-order chi connectivity index (χ0) is 10.6. The van der Waals surface area contributed by atoms with Crippen molar-refractivity contribution in [2.75, 3.05) is 12.3 Å². The zero-order valence-electron chi connectivity index (χ0n) is 8.33. The molecule has 1 rings (SSSR count). The molecular formula is C10H14N2O2. The van der Waals surface area contributed by atoms with Crippen LogP contribution in [0.5, 0.6) is 5.75 Å². The minimum Gasteiger partial charge on any atom is -0.408 e. The van der Waals surface area contributed by atoms with Gasteiger partial charge in [0.1, 0.15) is 0 Å². The summed E-state index contributed by atoms with van der Waals surface area (Å²) in [5.41, 5.74) is 7.16. The molecule has 1 amide bonds. The molecule has 0 aliphatic carbocycles. The van der Waals surface area contributed by atoms with E-state index in [9.17, 15) is 4.79 Å². The molecule has 0 aliphatic rings. The summed E-state index contributed by atoms with van der Waals surface area (Å²) in [6, 6.07) is 5.28. The summed E-state index contributed by atoms with van der Waals surface area (Å²) in [4.78, 5) is 11.1.